The van der Waals surface area contributed by atoms with Gasteiger partial charge in [-0.3, -0.25) is 0 Å². The average Bonchev–Trinajstić information content (AvgIpc) is 2.81. The van der Waals surface area contributed by atoms with E-state index in [1.165, 1.54) is 6.07 Å². The van der Waals surface area contributed by atoms with Gasteiger partial charge in [0, 0.05) is 5.92 Å². The Morgan fingerprint density at radius 2 is 1.89 bits per heavy atom. The topological polar surface area (TPSA) is 51.0 Å². The smallest absolute Gasteiger partial charge is 0.321 e. The first-order chi connectivity index (χ1) is 8.97. The highest BCUT2D eigenvalue weighted by Crippen LogP contribution is 2.21. The summed E-state index contributed by atoms with van der Waals surface area (Å²) >= 11 is 0. The Balaban J connectivity index is 2.11. The fourth-order valence-corrected chi connectivity index (χ4v) is 1.58. The molecule has 0 saturated carbocycles. The van der Waals surface area contributed by atoms with Gasteiger partial charge in [-0.2, -0.15) is 4.98 Å². The third-order valence-corrected chi connectivity index (χ3v) is 2.74. The van der Waals surface area contributed by atoms with Crippen LogP contribution in [0.25, 0.3) is 0 Å². The van der Waals surface area contributed by atoms with Crippen LogP contribution in [0.15, 0.2) is 22.7 Å². The Labute approximate surface area is 109 Å². The van der Waals surface area contributed by atoms with Crippen LogP contribution in [0.2, 0.25) is 0 Å². The van der Waals surface area contributed by atoms with E-state index in [1.807, 2.05) is 13.8 Å². The number of hydrogen-bond acceptors (Lipinski definition) is 4. The third-order valence-electron chi connectivity index (χ3n) is 2.74. The van der Waals surface area contributed by atoms with E-state index >= 15 is 0 Å². The molecule has 1 aromatic heterocycles. The Morgan fingerprint density at radius 1 is 1.16 bits per heavy atom. The van der Waals surface area contributed by atoms with Crippen LogP contribution in [0.4, 0.5) is 14.8 Å². The minimum Gasteiger partial charge on any atom is -0.331 e. The summed E-state index contributed by atoms with van der Waals surface area (Å²) in [5.41, 5.74) is 0.600. The van der Waals surface area contributed by atoms with Crippen LogP contribution in [0.1, 0.15) is 44.1 Å². The molecule has 19 heavy (non-hydrogen) atoms. The predicted molar refractivity (Wildman–Crippen MR) is 66.8 cm³/mol. The fourth-order valence-electron chi connectivity index (χ4n) is 1.58. The number of hydrogen-bond donors (Lipinski definition) is 1. The van der Waals surface area contributed by atoms with E-state index in [-0.39, 0.29) is 18.0 Å². The number of nitrogens with one attached hydrogen (secondary N) is 1. The maximum absolute atomic E-state index is 13.1. The second kappa shape index (κ2) is 5.34. The average molecular weight is 267 g/mol. The van der Waals surface area contributed by atoms with Crippen LogP contribution in [0.3, 0.4) is 0 Å². The van der Waals surface area contributed by atoms with Crippen molar-refractivity contribution >= 4 is 6.01 Å². The first kappa shape index (κ1) is 13.5. The molecule has 1 aromatic carbocycles. The van der Waals surface area contributed by atoms with E-state index in [1.54, 1.807) is 6.92 Å². The van der Waals surface area contributed by atoms with Crippen LogP contribution < -0.4 is 5.32 Å². The van der Waals surface area contributed by atoms with Gasteiger partial charge in [-0.15, -0.1) is 0 Å². The molecule has 4 nitrogen and oxygen atoms in total. The van der Waals surface area contributed by atoms with Gasteiger partial charge in [0.2, 0.25) is 0 Å². The second-order valence-electron chi connectivity index (χ2n) is 4.65. The minimum atomic E-state index is -0.875. The Kier molecular flexibility index (Phi) is 3.78. The van der Waals surface area contributed by atoms with E-state index in [9.17, 15) is 8.78 Å². The minimum absolute atomic E-state index is 0.165. The highest BCUT2D eigenvalue weighted by Gasteiger charge is 2.14. The molecule has 2 aromatic rings. The molecule has 0 amide bonds. The second-order valence-corrected chi connectivity index (χ2v) is 4.65. The third kappa shape index (κ3) is 3.07. The molecule has 0 saturated heterocycles. The molecule has 102 valence electrons. The molecular weight excluding hydrogens is 252 g/mol. The lowest BCUT2D eigenvalue weighted by atomic mass is 10.1. The standard InChI is InChI=1S/C13H15F2N3O/c1-7(2)12-17-13(19-18-12)16-8(3)9-4-5-10(14)11(15)6-9/h4-8H,1-3H3,(H,16,17,18). The van der Waals surface area contributed by atoms with Crippen molar-refractivity contribution in [3.8, 4) is 0 Å². The summed E-state index contributed by atoms with van der Waals surface area (Å²) in [4.78, 5) is 4.16. The van der Waals surface area contributed by atoms with E-state index in [2.05, 4.69) is 15.5 Å². The maximum atomic E-state index is 13.1. The number of benzene rings is 1. The molecule has 1 unspecified atom stereocenters. The predicted octanol–water partition coefficient (Wildman–Crippen LogP) is 3.64. The van der Waals surface area contributed by atoms with Crippen molar-refractivity contribution in [1.29, 1.82) is 0 Å². The summed E-state index contributed by atoms with van der Waals surface area (Å²) in [6, 6.07) is 3.75. The molecule has 0 aliphatic heterocycles. The normalized spacial score (nSPS) is 12.7. The van der Waals surface area contributed by atoms with Crippen LogP contribution in [-0.4, -0.2) is 10.1 Å². The van der Waals surface area contributed by atoms with E-state index < -0.39 is 11.6 Å². The molecule has 1 N–H and O–H groups in total. The summed E-state index contributed by atoms with van der Waals surface area (Å²) < 4.78 is 31.0. The molecule has 6 heteroatoms. The molecule has 2 rings (SSSR count). The Morgan fingerprint density at radius 3 is 2.47 bits per heavy atom. The van der Waals surface area contributed by atoms with Crippen LogP contribution in [0, 0.1) is 11.6 Å². The van der Waals surface area contributed by atoms with E-state index in [0.717, 1.165) is 12.1 Å². The summed E-state index contributed by atoms with van der Waals surface area (Å²) in [5, 5.41) is 6.76. The summed E-state index contributed by atoms with van der Waals surface area (Å²) in [5.74, 6) is -0.978. The molecule has 0 bridgehead atoms. The largest absolute Gasteiger partial charge is 0.331 e. The van der Waals surface area contributed by atoms with Crippen molar-refractivity contribution in [3.63, 3.8) is 0 Å². The zero-order valence-electron chi connectivity index (χ0n) is 10.9. The number of halogens is 2. The summed E-state index contributed by atoms with van der Waals surface area (Å²) in [7, 11) is 0. The van der Waals surface area contributed by atoms with Gasteiger partial charge in [-0.05, 0) is 24.6 Å². The fraction of sp³-hybridized carbons (Fsp3) is 0.385. The van der Waals surface area contributed by atoms with Crippen molar-refractivity contribution in [2.45, 2.75) is 32.7 Å². The van der Waals surface area contributed by atoms with Gasteiger partial charge in [-0.25, -0.2) is 8.78 Å². The highest BCUT2D eigenvalue weighted by molar-refractivity contribution is 5.29. The SMILES string of the molecule is CC(C)c1noc(NC(C)c2ccc(F)c(F)c2)n1. The van der Waals surface area contributed by atoms with E-state index in [4.69, 9.17) is 4.52 Å². The Hall–Kier alpha value is -1.98. The van der Waals surface area contributed by atoms with Crippen LogP contribution in [-0.2, 0) is 0 Å². The van der Waals surface area contributed by atoms with Crippen molar-refractivity contribution in [2.75, 3.05) is 5.32 Å². The molecule has 0 fully saturated rings. The quantitative estimate of drug-likeness (QED) is 0.918. The number of aromatic nitrogens is 2. The Bertz CT molecular complexity index is 569. The number of nitrogens with zero attached hydrogens (tertiary/aromatic N) is 2. The lowest BCUT2D eigenvalue weighted by Gasteiger charge is -2.12. The zero-order valence-corrected chi connectivity index (χ0v) is 10.9. The van der Waals surface area contributed by atoms with E-state index in [0.29, 0.717) is 11.4 Å². The molecule has 0 spiro atoms. The van der Waals surface area contributed by atoms with Crippen LogP contribution in [0.5, 0.6) is 0 Å². The molecule has 1 heterocycles. The molecule has 0 aliphatic carbocycles. The van der Waals surface area contributed by atoms with Gasteiger partial charge in [0.05, 0.1) is 6.04 Å². The highest BCUT2D eigenvalue weighted by atomic mass is 19.2. The first-order valence-corrected chi connectivity index (χ1v) is 6.02. The first-order valence-electron chi connectivity index (χ1n) is 6.02. The molecular formula is C13H15F2N3O. The van der Waals surface area contributed by atoms with Crippen molar-refractivity contribution < 1.29 is 13.3 Å². The molecule has 1 atom stereocenters. The van der Waals surface area contributed by atoms with Gasteiger partial charge < -0.3 is 9.84 Å². The van der Waals surface area contributed by atoms with Gasteiger partial charge >= 0.3 is 6.01 Å². The maximum Gasteiger partial charge on any atom is 0.321 e. The van der Waals surface area contributed by atoms with Crippen LogP contribution >= 0.6 is 0 Å². The van der Waals surface area contributed by atoms with Gasteiger partial charge in [-0.1, -0.05) is 25.1 Å². The summed E-state index contributed by atoms with van der Waals surface area (Å²) in [6.45, 7) is 5.70. The van der Waals surface area contributed by atoms with Gasteiger partial charge in [0.25, 0.3) is 0 Å². The van der Waals surface area contributed by atoms with Crippen molar-refractivity contribution in [3.05, 3.63) is 41.2 Å². The van der Waals surface area contributed by atoms with Crippen molar-refractivity contribution in [2.24, 2.45) is 0 Å². The van der Waals surface area contributed by atoms with Gasteiger partial charge in [0.1, 0.15) is 0 Å². The molecule has 0 aliphatic rings. The van der Waals surface area contributed by atoms with Crippen molar-refractivity contribution in [1.82, 2.24) is 10.1 Å². The summed E-state index contributed by atoms with van der Waals surface area (Å²) in [6.07, 6.45) is 0. The molecule has 0 radical (unpaired) electrons. The zero-order chi connectivity index (χ0) is 14.0. The van der Waals surface area contributed by atoms with Gasteiger partial charge in [0.15, 0.2) is 17.5 Å². The number of rotatable bonds is 4. The lowest BCUT2D eigenvalue weighted by Crippen LogP contribution is -2.07. The number of anilines is 1. The monoisotopic (exact) mass is 267 g/mol. The lowest BCUT2D eigenvalue weighted by molar-refractivity contribution is 0.416.